The van der Waals surface area contributed by atoms with Gasteiger partial charge in [0, 0.05) is 10.6 Å². The number of halogens is 1. The molecule has 0 radical (unpaired) electrons. The third kappa shape index (κ3) is 4.67. The van der Waals surface area contributed by atoms with Crippen LogP contribution in [0.3, 0.4) is 0 Å². The zero-order valence-corrected chi connectivity index (χ0v) is 17.4. The monoisotopic (exact) mass is 436 g/mol. The van der Waals surface area contributed by atoms with Crippen molar-refractivity contribution in [2.45, 2.75) is 13.0 Å². The molecule has 0 aliphatic carbocycles. The molecule has 3 aromatic rings. The normalized spacial score (nSPS) is 12.4. The maximum Gasteiger partial charge on any atom is 0.249 e. The number of carbonyl (C=O) groups excluding carboxylic acids is 1. The molecule has 146 valence electrons. The van der Waals surface area contributed by atoms with Crippen LogP contribution in [0.4, 0.5) is 10.8 Å². The summed E-state index contributed by atoms with van der Waals surface area (Å²) >= 11 is 7.08. The first-order chi connectivity index (χ1) is 13.3. The number of nitrogens with zero attached hydrogens (tertiary/aromatic N) is 3. The lowest BCUT2D eigenvalue weighted by atomic mass is 10.2. The van der Waals surface area contributed by atoms with Gasteiger partial charge in [0.15, 0.2) is 0 Å². The minimum atomic E-state index is -3.71. The predicted octanol–water partition coefficient (Wildman–Crippen LogP) is 3.65. The summed E-state index contributed by atoms with van der Waals surface area (Å²) < 4.78 is 25.6. The Bertz CT molecular complexity index is 1070. The second kappa shape index (κ2) is 8.26. The van der Waals surface area contributed by atoms with Crippen molar-refractivity contribution in [2.24, 2.45) is 0 Å². The Balaban J connectivity index is 1.80. The molecule has 7 nitrogen and oxygen atoms in total. The quantitative estimate of drug-likeness (QED) is 0.636. The SMILES string of the molecule is CC(C(=O)Nc1nnc(-c2ccccc2)s1)N(c1ccc(Cl)cc1)S(C)(=O)=O. The van der Waals surface area contributed by atoms with Crippen LogP contribution < -0.4 is 9.62 Å². The van der Waals surface area contributed by atoms with Crippen LogP contribution in [0.2, 0.25) is 5.02 Å². The zero-order chi connectivity index (χ0) is 20.3. The van der Waals surface area contributed by atoms with E-state index in [1.807, 2.05) is 30.3 Å². The summed E-state index contributed by atoms with van der Waals surface area (Å²) in [5, 5.41) is 12.1. The summed E-state index contributed by atoms with van der Waals surface area (Å²) in [6, 6.07) is 14.7. The molecule has 1 unspecified atom stereocenters. The molecule has 1 atom stereocenters. The van der Waals surface area contributed by atoms with Crippen LogP contribution in [0, 0.1) is 0 Å². The molecule has 0 spiro atoms. The molecule has 0 aliphatic heterocycles. The van der Waals surface area contributed by atoms with E-state index in [0.29, 0.717) is 20.8 Å². The van der Waals surface area contributed by atoms with Gasteiger partial charge in [-0.15, -0.1) is 10.2 Å². The highest BCUT2D eigenvalue weighted by Gasteiger charge is 2.29. The fourth-order valence-corrected chi connectivity index (χ4v) is 4.63. The van der Waals surface area contributed by atoms with Crippen molar-refractivity contribution >= 4 is 49.7 Å². The first-order valence-electron chi connectivity index (χ1n) is 8.20. The van der Waals surface area contributed by atoms with Crippen LogP contribution in [0.25, 0.3) is 10.6 Å². The van der Waals surface area contributed by atoms with Gasteiger partial charge in [0.2, 0.25) is 21.1 Å². The fraction of sp³-hybridized carbons (Fsp3) is 0.167. The molecule has 1 aromatic heterocycles. The largest absolute Gasteiger partial charge is 0.299 e. The van der Waals surface area contributed by atoms with E-state index in [4.69, 9.17) is 11.6 Å². The highest BCUT2D eigenvalue weighted by atomic mass is 35.5. The number of rotatable bonds is 6. The number of nitrogens with one attached hydrogen (secondary N) is 1. The number of anilines is 2. The molecule has 0 bridgehead atoms. The van der Waals surface area contributed by atoms with Crippen molar-refractivity contribution in [3.8, 4) is 10.6 Å². The van der Waals surface area contributed by atoms with Crippen LogP contribution in [0.15, 0.2) is 54.6 Å². The predicted molar refractivity (Wildman–Crippen MR) is 112 cm³/mol. The van der Waals surface area contributed by atoms with Crippen molar-refractivity contribution in [3.63, 3.8) is 0 Å². The van der Waals surface area contributed by atoms with E-state index in [2.05, 4.69) is 15.5 Å². The number of sulfonamides is 1. The molecule has 1 heterocycles. The summed E-state index contributed by atoms with van der Waals surface area (Å²) in [6.07, 6.45) is 1.05. The number of hydrogen-bond donors (Lipinski definition) is 1. The van der Waals surface area contributed by atoms with Crippen molar-refractivity contribution in [1.82, 2.24) is 10.2 Å². The Labute approximate surface area is 172 Å². The van der Waals surface area contributed by atoms with Crippen molar-refractivity contribution < 1.29 is 13.2 Å². The Kier molecular flexibility index (Phi) is 5.97. The summed E-state index contributed by atoms with van der Waals surface area (Å²) in [7, 11) is -3.71. The minimum absolute atomic E-state index is 0.292. The Morgan fingerprint density at radius 3 is 2.36 bits per heavy atom. The Morgan fingerprint density at radius 2 is 1.75 bits per heavy atom. The topological polar surface area (TPSA) is 92.3 Å². The number of hydrogen-bond acceptors (Lipinski definition) is 6. The summed E-state index contributed by atoms with van der Waals surface area (Å²) in [5.41, 5.74) is 1.23. The highest BCUT2D eigenvalue weighted by Crippen LogP contribution is 2.27. The van der Waals surface area contributed by atoms with Crippen molar-refractivity contribution in [3.05, 3.63) is 59.6 Å². The first-order valence-corrected chi connectivity index (χ1v) is 11.2. The Morgan fingerprint density at radius 1 is 1.11 bits per heavy atom. The molecule has 1 N–H and O–H groups in total. The first kappa shape index (κ1) is 20.2. The second-order valence-corrected chi connectivity index (χ2v) is 9.25. The number of aromatic nitrogens is 2. The molecule has 0 saturated heterocycles. The second-order valence-electron chi connectivity index (χ2n) is 5.98. The minimum Gasteiger partial charge on any atom is -0.299 e. The number of amides is 1. The molecule has 0 fully saturated rings. The van der Waals surface area contributed by atoms with Crippen LogP contribution >= 0.6 is 22.9 Å². The lowest BCUT2D eigenvalue weighted by molar-refractivity contribution is -0.116. The van der Waals surface area contributed by atoms with Crippen LogP contribution in [-0.4, -0.2) is 36.8 Å². The van der Waals surface area contributed by atoms with E-state index in [1.165, 1.54) is 18.3 Å². The summed E-state index contributed by atoms with van der Waals surface area (Å²) in [5.74, 6) is -0.517. The van der Waals surface area contributed by atoms with E-state index >= 15 is 0 Å². The van der Waals surface area contributed by atoms with Gasteiger partial charge in [-0.25, -0.2) is 8.42 Å². The molecular weight excluding hydrogens is 420 g/mol. The van der Waals surface area contributed by atoms with Crippen LogP contribution in [-0.2, 0) is 14.8 Å². The van der Waals surface area contributed by atoms with Crippen molar-refractivity contribution in [2.75, 3.05) is 15.9 Å². The smallest absolute Gasteiger partial charge is 0.249 e. The van der Waals surface area contributed by atoms with E-state index in [0.717, 1.165) is 16.1 Å². The molecule has 28 heavy (non-hydrogen) atoms. The lowest BCUT2D eigenvalue weighted by Crippen LogP contribution is -2.45. The van der Waals surface area contributed by atoms with Gasteiger partial charge in [-0.05, 0) is 31.2 Å². The number of benzene rings is 2. The van der Waals surface area contributed by atoms with E-state index in [9.17, 15) is 13.2 Å². The van der Waals surface area contributed by atoms with Crippen molar-refractivity contribution in [1.29, 1.82) is 0 Å². The molecule has 3 rings (SSSR count). The van der Waals surface area contributed by atoms with Gasteiger partial charge < -0.3 is 0 Å². The fourth-order valence-electron chi connectivity index (χ4n) is 2.58. The summed E-state index contributed by atoms with van der Waals surface area (Å²) in [4.78, 5) is 12.7. The lowest BCUT2D eigenvalue weighted by Gasteiger charge is -2.27. The van der Waals surface area contributed by atoms with E-state index < -0.39 is 22.0 Å². The van der Waals surface area contributed by atoms with Crippen LogP contribution in [0.1, 0.15) is 6.92 Å². The van der Waals surface area contributed by atoms with Gasteiger partial charge in [0.05, 0.1) is 11.9 Å². The molecule has 0 saturated carbocycles. The van der Waals surface area contributed by atoms with Crippen LogP contribution in [0.5, 0.6) is 0 Å². The average Bonchev–Trinajstić information content (AvgIpc) is 3.11. The summed E-state index contributed by atoms with van der Waals surface area (Å²) in [6.45, 7) is 1.50. The molecule has 10 heteroatoms. The van der Waals surface area contributed by atoms with Gasteiger partial charge in [0.25, 0.3) is 0 Å². The zero-order valence-electron chi connectivity index (χ0n) is 15.0. The standard InChI is InChI=1S/C18H17ClN4O3S2/c1-12(23(28(2,25)26)15-10-8-14(19)9-11-15)16(24)20-18-22-21-17(27-18)13-6-4-3-5-7-13/h3-12H,1-2H3,(H,20,22,24). The Hall–Kier alpha value is -2.49. The van der Waals surface area contributed by atoms with E-state index in [1.54, 1.807) is 24.3 Å². The van der Waals surface area contributed by atoms with Gasteiger partial charge >= 0.3 is 0 Å². The molecular formula is C18H17ClN4O3S2. The van der Waals surface area contributed by atoms with E-state index in [-0.39, 0.29) is 0 Å². The van der Waals surface area contributed by atoms with Gasteiger partial charge in [-0.1, -0.05) is 53.3 Å². The molecule has 2 aromatic carbocycles. The third-order valence-electron chi connectivity index (χ3n) is 3.85. The molecule has 1 amide bonds. The third-order valence-corrected chi connectivity index (χ3v) is 6.23. The van der Waals surface area contributed by atoms with Gasteiger partial charge in [-0.2, -0.15) is 0 Å². The van der Waals surface area contributed by atoms with Gasteiger partial charge in [-0.3, -0.25) is 14.4 Å². The highest BCUT2D eigenvalue weighted by molar-refractivity contribution is 7.92. The maximum absolute atomic E-state index is 12.7. The van der Waals surface area contributed by atoms with Gasteiger partial charge in [0.1, 0.15) is 11.0 Å². The number of carbonyl (C=O) groups is 1. The maximum atomic E-state index is 12.7. The molecule has 0 aliphatic rings. The average molecular weight is 437 g/mol.